The van der Waals surface area contributed by atoms with Crippen LogP contribution in [-0.4, -0.2) is 30.9 Å². The van der Waals surface area contributed by atoms with Gasteiger partial charge in [-0.25, -0.2) is 13.8 Å². The highest BCUT2D eigenvalue weighted by Crippen LogP contribution is 2.46. The van der Waals surface area contributed by atoms with Gasteiger partial charge in [0.15, 0.2) is 5.72 Å². The lowest BCUT2D eigenvalue weighted by molar-refractivity contribution is -0.137. The van der Waals surface area contributed by atoms with Crippen molar-refractivity contribution in [3.8, 4) is 0 Å². The van der Waals surface area contributed by atoms with Crippen molar-refractivity contribution in [2.75, 3.05) is 5.32 Å². The number of aromatic nitrogens is 3. The first-order valence-electron chi connectivity index (χ1n) is 11.9. The minimum Gasteiger partial charge on any atom is -0.363 e. The van der Waals surface area contributed by atoms with Gasteiger partial charge >= 0.3 is 6.18 Å². The molecule has 210 valence electrons. The maximum absolute atomic E-state index is 14.3. The van der Waals surface area contributed by atoms with Gasteiger partial charge in [-0.15, -0.1) is 0 Å². The van der Waals surface area contributed by atoms with E-state index in [-0.39, 0.29) is 39.0 Å². The Bertz CT molecular complexity index is 1970. The summed E-state index contributed by atoms with van der Waals surface area (Å²) in [4.78, 5) is 31.1. The molecule has 3 N–H and O–H groups in total. The number of carbonyl (C=O) groups excluding carboxylic acids is 2. The van der Waals surface area contributed by atoms with Crippen LogP contribution in [0, 0.1) is 18.6 Å². The van der Waals surface area contributed by atoms with Crippen molar-refractivity contribution in [1.29, 1.82) is 0 Å². The van der Waals surface area contributed by atoms with Crippen LogP contribution in [0.1, 0.15) is 43.1 Å². The molecule has 1 atom stereocenters. The van der Waals surface area contributed by atoms with Crippen LogP contribution in [0.2, 0.25) is 5.02 Å². The van der Waals surface area contributed by atoms with Crippen molar-refractivity contribution in [3.05, 3.63) is 98.8 Å². The second-order valence-electron chi connectivity index (χ2n) is 9.62. The Morgan fingerprint density at radius 1 is 1.12 bits per heavy atom. The molecule has 41 heavy (non-hydrogen) atoms. The van der Waals surface area contributed by atoms with E-state index in [1.165, 1.54) is 6.07 Å². The van der Waals surface area contributed by atoms with Crippen molar-refractivity contribution in [2.24, 2.45) is 7.05 Å². The summed E-state index contributed by atoms with van der Waals surface area (Å²) in [5, 5.41) is 16.6. The summed E-state index contributed by atoms with van der Waals surface area (Å²) in [7, 11) is 1.62. The average Bonchev–Trinajstić information content (AvgIpc) is 3.49. The summed E-state index contributed by atoms with van der Waals surface area (Å²) in [6.45, 7) is 1.73. The van der Waals surface area contributed by atoms with Crippen molar-refractivity contribution in [3.63, 3.8) is 0 Å². The Morgan fingerprint density at radius 3 is 2.56 bits per heavy atom. The number of hydrogen-bond acceptors (Lipinski definition) is 4. The van der Waals surface area contributed by atoms with Crippen molar-refractivity contribution in [2.45, 2.75) is 18.8 Å². The molecule has 6 rings (SSSR count). The first-order valence-corrected chi connectivity index (χ1v) is 12.3. The Labute approximate surface area is 232 Å². The van der Waals surface area contributed by atoms with Gasteiger partial charge in [0.1, 0.15) is 11.6 Å². The summed E-state index contributed by atoms with van der Waals surface area (Å²) in [5.41, 5.74) is -4.15. The molecule has 0 radical (unpaired) electrons. The van der Waals surface area contributed by atoms with Gasteiger partial charge in [0.25, 0.3) is 11.8 Å². The molecule has 0 spiro atoms. The number of halogens is 6. The van der Waals surface area contributed by atoms with E-state index in [0.29, 0.717) is 29.1 Å². The zero-order valence-electron chi connectivity index (χ0n) is 21.0. The number of aliphatic hydroxyl groups is 1. The summed E-state index contributed by atoms with van der Waals surface area (Å²) < 4.78 is 71.6. The lowest BCUT2D eigenvalue weighted by Gasteiger charge is -2.27. The van der Waals surface area contributed by atoms with E-state index in [2.05, 4.69) is 15.6 Å². The van der Waals surface area contributed by atoms with Gasteiger partial charge in [-0.1, -0.05) is 11.6 Å². The third-order valence-corrected chi connectivity index (χ3v) is 7.25. The van der Waals surface area contributed by atoms with Crippen molar-refractivity contribution >= 4 is 45.9 Å². The predicted molar refractivity (Wildman–Crippen MR) is 138 cm³/mol. The van der Waals surface area contributed by atoms with Gasteiger partial charge in [-0.2, -0.15) is 13.2 Å². The van der Waals surface area contributed by atoms with Crippen LogP contribution >= 0.6 is 11.6 Å². The van der Waals surface area contributed by atoms with Crippen LogP contribution in [0.15, 0.2) is 48.7 Å². The molecule has 0 bridgehead atoms. The summed E-state index contributed by atoms with van der Waals surface area (Å²) in [6, 6.07) is 5.80. The molecule has 3 heterocycles. The number of rotatable bonds is 3. The first-order chi connectivity index (χ1) is 19.2. The van der Waals surface area contributed by atoms with Gasteiger partial charge in [-0.3, -0.25) is 14.0 Å². The van der Waals surface area contributed by atoms with E-state index in [1.54, 1.807) is 29.1 Å². The largest absolute Gasteiger partial charge is 0.416 e. The smallest absolute Gasteiger partial charge is 0.363 e. The lowest BCUT2D eigenvalue weighted by Crippen LogP contribution is -2.41. The molecule has 5 aromatic rings. The number of amides is 2. The first kappa shape index (κ1) is 26.7. The molecule has 2 amide bonds. The van der Waals surface area contributed by atoms with E-state index in [1.807, 2.05) is 0 Å². The number of nitrogens with one attached hydrogen (secondary N) is 2. The lowest BCUT2D eigenvalue weighted by atomic mass is 9.91. The van der Waals surface area contributed by atoms with Crippen LogP contribution < -0.4 is 10.6 Å². The molecule has 0 fully saturated rings. The molecule has 1 aliphatic rings. The van der Waals surface area contributed by atoms with Crippen LogP contribution in [-0.2, 0) is 18.9 Å². The molecule has 3 aromatic carbocycles. The number of carbonyl (C=O) groups is 2. The number of alkyl halides is 3. The molecule has 8 nitrogen and oxygen atoms in total. The molecular weight excluding hydrogens is 573 g/mol. The molecule has 0 saturated carbocycles. The Balaban J connectivity index is 1.63. The van der Waals surface area contributed by atoms with Gasteiger partial charge in [0.05, 0.1) is 33.5 Å². The van der Waals surface area contributed by atoms with Crippen LogP contribution in [0.25, 0.3) is 16.8 Å². The minimum absolute atomic E-state index is 0.124. The van der Waals surface area contributed by atoms with Gasteiger partial charge < -0.3 is 20.3 Å². The molecule has 0 aliphatic carbocycles. The Morgan fingerprint density at radius 2 is 1.85 bits per heavy atom. The molecule has 2 aromatic heterocycles. The highest BCUT2D eigenvalue weighted by atomic mass is 35.5. The van der Waals surface area contributed by atoms with Crippen molar-refractivity contribution in [1.82, 2.24) is 19.3 Å². The van der Waals surface area contributed by atoms with E-state index < -0.39 is 46.5 Å². The Kier molecular flexibility index (Phi) is 5.70. The molecule has 14 heteroatoms. The quantitative estimate of drug-likeness (QED) is 0.250. The number of nitrogens with zero attached hydrogens (tertiary/aromatic N) is 3. The maximum Gasteiger partial charge on any atom is 0.416 e. The number of benzene rings is 3. The maximum atomic E-state index is 14.3. The molecular formula is C27H17ClF5N5O3. The highest BCUT2D eigenvalue weighted by Gasteiger charge is 2.48. The number of imidazole rings is 2. The average molecular weight is 590 g/mol. The Hall–Kier alpha value is -4.49. The number of anilines is 1. The van der Waals surface area contributed by atoms with Gasteiger partial charge in [0, 0.05) is 35.0 Å². The van der Waals surface area contributed by atoms with E-state index in [0.717, 1.165) is 18.2 Å². The third-order valence-electron chi connectivity index (χ3n) is 6.92. The highest BCUT2D eigenvalue weighted by molar-refractivity contribution is 6.31. The second kappa shape index (κ2) is 8.75. The normalized spacial score (nSPS) is 16.9. The van der Waals surface area contributed by atoms with Crippen LogP contribution in [0.4, 0.5) is 27.6 Å². The van der Waals surface area contributed by atoms with E-state index in [9.17, 15) is 36.6 Å². The fourth-order valence-electron chi connectivity index (χ4n) is 5.22. The zero-order valence-corrected chi connectivity index (χ0v) is 21.7. The standard InChI is InChI=1S/C27H17ClF5N5O3/c1-11-10-38-19-9-18(35-23(39)12-5-13(27(31,32)33)7-15(30)6-12)21-20(22(19)37(2)25(38)34-11)24(40)36-26(21,41)16-8-14(29)3-4-17(16)28/h3-10,41H,1-2H3,(H,35,39)(H,36,40). The summed E-state index contributed by atoms with van der Waals surface area (Å²) in [6.07, 6.45) is -3.28. The zero-order chi connectivity index (χ0) is 29.6. The summed E-state index contributed by atoms with van der Waals surface area (Å²) in [5.74, 6) is -3.68. The predicted octanol–water partition coefficient (Wildman–Crippen LogP) is 5.27. The van der Waals surface area contributed by atoms with E-state index >= 15 is 0 Å². The molecule has 1 aliphatic heterocycles. The second-order valence-corrected chi connectivity index (χ2v) is 10.0. The fraction of sp³-hybridized carbons (Fsp3) is 0.148. The van der Waals surface area contributed by atoms with Crippen molar-refractivity contribution < 1.29 is 36.6 Å². The van der Waals surface area contributed by atoms with Gasteiger partial charge in [0.2, 0.25) is 5.78 Å². The summed E-state index contributed by atoms with van der Waals surface area (Å²) >= 11 is 6.29. The minimum atomic E-state index is -4.93. The number of aryl methyl sites for hydroxylation is 2. The van der Waals surface area contributed by atoms with Gasteiger partial charge in [-0.05, 0) is 49.4 Å². The number of fused-ring (bicyclic) bond motifs is 5. The van der Waals surface area contributed by atoms with Crippen LogP contribution in [0.3, 0.4) is 0 Å². The topological polar surface area (TPSA) is 101 Å². The number of hydrogen-bond donors (Lipinski definition) is 3. The van der Waals surface area contributed by atoms with E-state index in [4.69, 9.17) is 11.6 Å². The van der Waals surface area contributed by atoms with Crippen LogP contribution in [0.5, 0.6) is 0 Å². The molecule has 0 saturated heterocycles. The molecule has 1 unspecified atom stereocenters. The fourth-order valence-corrected chi connectivity index (χ4v) is 5.48. The third kappa shape index (κ3) is 4.03. The monoisotopic (exact) mass is 589 g/mol. The SMILES string of the molecule is Cc1cn2c3cc(NC(=O)c4cc(F)cc(C(F)(F)F)c4)c4c(c3n(C)c2n1)C(=O)NC4(O)c1cc(F)ccc1Cl.